The quantitative estimate of drug-likeness (QED) is 0.203. The van der Waals surface area contributed by atoms with E-state index in [0.29, 0.717) is 15.6 Å². The van der Waals surface area contributed by atoms with Gasteiger partial charge in [0.15, 0.2) is 17.5 Å². The van der Waals surface area contributed by atoms with Crippen molar-refractivity contribution in [3.8, 4) is 17.2 Å². The summed E-state index contributed by atoms with van der Waals surface area (Å²) in [5.74, 6) is -2.87. The maximum Gasteiger partial charge on any atom is 0.343 e. The number of hydrogen-bond donors (Lipinski definition) is 2. The van der Waals surface area contributed by atoms with Crippen molar-refractivity contribution in [1.29, 1.82) is 0 Å². The lowest BCUT2D eigenvalue weighted by atomic mass is 10.1. The molecule has 3 rings (SSSR count). The second-order valence-corrected chi connectivity index (χ2v) is 9.57. The summed E-state index contributed by atoms with van der Waals surface area (Å²) in [5, 5.41) is 19.2. The SMILES string of the molecule is Cc1ccc(C(=O)Oc2cc(Br)cc(C=NC(Cc3ccc(O)cc3)C(=O)O)c2OC(=O)C(C)C)cc1. The fourth-order valence-corrected chi connectivity index (χ4v) is 3.62. The number of phenols is 1. The van der Waals surface area contributed by atoms with Crippen molar-refractivity contribution >= 4 is 40.1 Å². The summed E-state index contributed by atoms with van der Waals surface area (Å²) in [4.78, 5) is 41.4. The van der Waals surface area contributed by atoms with E-state index in [2.05, 4.69) is 20.9 Å². The molecule has 1 atom stereocenters. The van der Waals surface area contributed by atoms with E-state index in [4.69, 9.17) is 9.47 Å². The molecule has 0 radical (unpaired) electrons. The third-order valence-electron chi connectivity index (χ3n) is 5.26. The number of carboxylic acid groups (broad SMARTS) is 1. The van der Waals surface area contributed by atoms with Gasteiger partial charge in [-0.15, -0.1) is 0 Å². The molecule has 0 heterocycles. The van der Waals surface area contributed by atoms with Crippen molar-refractivity contribution in [3.63, 3.8) is 0 Å². The van der Waals surface area contributed by atoms with Gasteiger partial charge in [0.05, 0.1) is 11.5 Å². The fourth-order valence-electron chi connectivity index (χ4n) is 3.17. The largest absolute Gasteiger partial charge is 0.508 e. The van der Waals surface area contributed by atoms with E-state index in [1.54, 1.807) is 56.3 Å². The summed E-state index contributed by atoms with van der Waals surface area (Å²) in [5.41, 5.74) is 2.19. The van der Waals surface area contributed by atoms with Crippen molar-refractivity contribution in [3.05, 3.63) is 87.4 Å². The van der Waals surface area contributed by atoms with Gasteiger partial charge in [0.25, 0.3) is 0 Å². The summed E-state index contributed by atoms with van der Waals surface area (Å²) in [6, 6.07) is 14.8. The van der Waals surface area contributed by atoms with Crippen LogP contribution in [0.3, 0.4) is 0 Å². The maximum atomic E-state index is 12.8. The number of ether oxygens (including phenoxy) is 2. The van der Waals surface area contributed by atoms with Gasteiger partial charge in [-0.25, -0.2) is 9.59 Å². The minimum atomic E-state index is -1.16. The predicted molar refractivity (Wildman–Crippen MR) is 142 cm³/mol. The molecule has 0 fully saturated rings. The van der Waals surface area contributed by atoms with Crippen LogP contribution >= 0.6 is 15.9 Å². The summed E-state index contributed by atoms with van der Waals surface area (Å²) in [6.45, 7) is 5.21. The van der Waals surface area contributed by atoms with Crippen LogP contribution in [0.4, 0.5) is 0 Å². The normalized spacial score (nSPS) is 11.9. The van der Waals surface area contributed by atoms with Gasteiger partial charge in [0.1, 0.15) is 5.75 Å². The van der Waals surface area contributed by atoms with Gasteiger partial charge in [0.2, 0.25) is 0 Å². The van der Waals surface area contributed by atoms with Gasteiger partial charge in [-0.05, 0) is 48.9 Å². The predicted octanol–water partition coefficient (Wildman–Crippen LogP) is 5.36. The van der Waals surface area contributed by atoms with Crippen LogP contribution < -0.4 is 9.47 Å². The first-order valence-electron chi connectivity index (χ1n) is 11.4. The lowest BCUT2D eigenvalue weighted by Gasteiger charge is -2.15. The van der Waals surface area contributed by atoms with Gasteiger partial charge in [0, 0.05) is 22.7 Å². The number of aromatic hydroxyl groups is 1. The Labute approximate surface area is 222 Å². The van der Waals surface area contributed by atoms with Gasteiger partial charge >= 0.3 is 17.9 Å². The number of carbonyl (C=O) groups is 3. The number of esters is 2. The van der Waals surface area contributed by atoms with E-state index in [1.165, 1.54) is 24.4 Å². The van der Waals surface area contributed by atoms with Crippen molar-refractivity contribution in [2.75, 3.05) is 0 Å². The van der Waals surface area contributed by atoms with Gasteiger partial charge < -0.3 is 19.7 Å². The number of aryl methyl sites for hydroxylation is 1. The van der Waals surface area contributed by atoms with E-state index >= 15 is 0 Å². The summed E-state index contributed by atoms with van der Waals surface area (Å²) >= 11 is 3.36. The smallest absolute Gasteiger partial charge is 0.343 e. The zero-order valence-corrected chi connectivity index (χ0v) is 22.1. The highest BCUT2D eigenvalue weighted by Crippen LogP contribution is 2.35. The number of rotatable bonds is 9. The first kappa shape index (κ1) is 27.6. The summed E-state index contributed by atoms with van der Waals surface area (Å²) in [7, 11) is 0. The Bertz CT molecular complexity index is 1320. The van der Waals surface area contributed by atoms with Gasteiger partial charge in [-0.3, -0.25) is 9.79 Å². The molecule has 0 aromatic heterocycles. The molecular formula is C28H26BrNO7. The monoisotopic (exact) mass is 567 g/mol. The number of aliphatic imine (C=N–C) groups is 1. The van der Waals surface area contributed by atoms with Crippen molar-refractivity contribution in [2.24, 2.45) is 10.9 Å². The second kappa shape index (κ2) is 12.3. The highest BCUT2D eigenvalue weighted by Gasteiger charge is 2.22. The molecule has 1 unspecified atom stereocenters. The fraction of sp³-hybridized carbons (Fsp3) is 0.214. The zero-order valence-electron chi connectivity index (χ0n) is 20.5. The number of nitrogens with zero attached hydrogens (tertiary/aromatic N) is 1. The van der Waals surface area contributed by atoms with Crippen LogP contribution in [0.25, 0.3) is 0 Å². The van der Waals surface area contributed by atoms with Crippen LogP contribution in [0.2, 0.25) is 0 Å². The average molecular weight is 568 g/mol. The van der Waals surface area contributed by atoms with E-state index < -0.39 is 29.9 Å². The Morgan fingerprint density at radius 2 is 1.65 bits per heavy atom. The molecule has 3 aromatic rings. The van der Waals surface area contributed by atoms with Crippen LogP contribution in [-0.2, 0) is 16.0 Å². The molecule has 0 saturated carbocycles. The average Bonchev–Trinajstić information content (AvgIpc) is 2.84. The summed E-state index contributed by atoms with van der Waals surface area (Å²) < 4.78 is 11.7. The lowest BCUT2D eigenvalue weighted by molar-refractivity contribution is -0.139. The molecule has 0 amide bonds. The van der Waals surface area contributed by atoms with Gasteiger partial charge in [-0.2, -0.15) is 0 Å². The Morgan fingerprint density at radius 3 is 2.24 bits per heavy atom. The lowest BCUT2D eigenvalue weighted by Crippen LogP contribution is -2.21. The van der Waals surface area contributed by atoms with Crippen molar-refractivity contribution < 1.29 is 34.1 Å². The molecule has 2 N–H and O–H groups in total. The van der Waals surface area contributed by atoms with Crippen LogP contribution in [0.1, 0.15) is 40.9 Å². The van der Waals surface area contributed by atoms with E-state index in [9.17, 15) is 24.6 Å². The molecule has 0 aliphatic heterocycles. The van der Waals surface area contributed by atoms with E-state index in [0.717, 1.165) is 5.56 Å². The van der Waals surface area contributed by atoms with Crippen molar-refractivity contribution in [1.82, 2.24) is 0 Å². The highest BCUT2D eigenvalue weighted by atomic mass is 79.9. The van der Waals surface area contributed by atoms with Crippen LogP contribution in [0, 0.1) is 12.8 Å². The maximum absolute atomic E-state index is 12.8. The molecule has 0 aliphatic rings. The van der Waals surface area contributed by atoms with Gasteiger partial charge in [-0.1, -0.05) is 59.6 Å². The van der Waals surface area contributed by atoms with Crippen LogP contribution in [-0.4, -0.2) is 40.4 Å². The number of hydrogen-bond acceptors (Lipinski definition) is 7. The third-order valence-corrected chi connectivity index (χ3v) is 5.71. The molecule has 37 heavy (non-hydrogen) atoms. The molecule has 3 aromatic carbocycles. The van der Waals surface area contributed by atoms with E-state index in [1.807, 2.05) is 6.92 Å². The molecule has 9 heteroatoms. The summed E-state index contributed by atoms with van der Waals surface area (Å²) in [6.07, 6.45) is 1.34. The molecule has 192 valence electrons. The molecule has 0 bridgehead atoms. The molecule has 0 aliphatic carbocycles. The first-order chi connectivity index (χ1) is 17.5. The van der Waals surface area contributed by atoms with Crippen molar-refractivity contribution in [2.45, 2.75) is 33.2 Å². The Hall–Kier alpha value is -3.98. The minimum absolute atomic E-state index is 0.0270. The number of carbonyl (C=O) groups excluding carboxylic acids is 2. The standard InChI is InChI=1S/C28H26BrNO7/c1-16(2)27(34)37-25-20(15-30-23(26(32)33)12-18-6-10-22(31)11-7-18)13-21(29)14-24(25)36-28(35)19-8-4-17(3)5-9-19/h4-11,13-16,23,31H,12H2,1-3H3,(H,32,33). The topological polar surface area (TPSA) is 122 Å². The van der Waals surface area contributed by atoms with E-state index in [-0.39, 0.29) is 29.2 Å². The number of halogens is 1. The third kappa shape index (κ3) is 7.75. The zero-order chi connectivity index (χ0) is 27.1. The number of benzene rings is 3. The Balaban J connectivity index is 1.98. The number of aliphatic carboxylic acids is 1. The minimum Gasteiger partial charge on any atom is -0.508 e. The van der Waals surface area contributed by atoms with Crippen LogP contribution in [0.5, 0.6) is 17.2 Å². The Kier molecular flexibility index (Phi) is 9.19. The molecule has 8 nitrogen and oxygen atoms in total. The number of phenolic OH excluding ortho intramolecular Hbond substituents is 1. The molecular weight excluding hydrogens is 542 g/mol. The second-order valence-electron chi connectivity index (χ2n) is 8.66. The first-order valence-corrected chi connectivity index (χ1v) is 12.2. The Morgan fingerprint density at radius 1 is 1.00 bits per heavy atom. The molecule has 0 saturated heterocycles. The number of carboxylic acids is 1. The highest BCUT2D eigenvalue weighted by molar-refractivity contribution is 9.10. The van der Waals surface area contributed by atoms with Crippen LogP contribution in [0.15, 0.2) is 70.1 Å². The molecule has 0 spiro atoms.